The summed E-state index contributed by atoms with van der Waals surface area (Å²) in [4.78, 5) is 34.1. The number of fused-ring (bicyclic) bond motifs is 1. The Labute approximate surface area is 162 Å². The van der Waals surface area contributed by atoms with E-state index in [-0.39, 0.29) is 16.7 Å². The van der Waals surface area contributed by atoms with Gasteiger partial charge in [0, 0.05) is 18.5 Å². The average Bonchev–Trinajstić information content (AvgIpc) is 2.90. The first-order valence-corrected chi connectivity index (χ1v) is 10.5. The number of ether oxygens (including phenoxy) is 1. The molecule has 0 saturated heterocycles. The van der Waals surface area contributed by atoms with Crippen LogP contribution in [0.2, 0.25) is 0 Å². The molecule has 26 heavy (non-hydrogen) atoms. The van der Waals surface area contributed by atoms with Crippen LogP contribution < -0.4 is 10.9 Å². The van der Waals surface area contributed by atoms with E-state index in [4.69, 9.17) is 4.74 Å². The lowest BCUT2D eigenvalue weighted by molar-refractivity contribution is -0.120. The van der Waals surface area contributed by atoms with E-state index in [0.717, 1.165) is 28.1 Å². The predicted molar refractivity (Wildman–Crippen MR) is 108 cm³/mol. The Morgan fingerprint density at radius 3 is 2.81 bits per heavy atom. The molecule has 2 aromatic rings. The molecule has 2 heterocycles. The van der Waals surface area contributed by atoms with Crippen LogP contribution in [-0.4, -0.2) is 41.4 Å². The Morgan fingerprint density at radius 1 is 1.42 bits per heavy atom. The Morgan fingerprint density at radius 2 is 2.15 bits per heavy atom. The molecule has 2 N–H and O–H groups in total. The zero-order valence-corrected chi connectivity index (χ0v) is 17.6. The highest BCUT2D eigenvalue weighted by molar-refractivity contribution is 8.00. The summed E-state index contributed by atoms with van der Waals surface area (Å²) < 4.78 is 4.92. The monoisotopic (exact) mass is 397 g/mol. The number of aromatic nitrogens is 2. The van der Waals surface area contributed by atoms with E-state index < -0.39 is 0 Å². The summed E-state index contributed by atoms with van der Waals surface area (Å²) in [6, 6.07) is 0. The Bertz CT molecular complexity index is 816. The van der Waals surface area contributed by atoms with Crippen LogP contribution >= 0.6 is 23.1 Å². The molecule has 2 atom stereocenters. The van der Waals surface area contributed by atoms with Gasteiger partial charge in [-0.15, -0.1) is 11.3 Å². The van der Waals surface area contributed by atoms with Crippen LogP contribution in [0.5, 0.6) is 0 Å². The third-order valence-electron chi connectivity index (χ3n) is 4.35. The van der Waals surface area contributed by atoms with Crippen molar-refractivity contribution in [3.63, 3.8) is 0 Å². The number of nitrogens with one attached hydrogen (secondary N) is 2. The second kappa shape index (κ2) is 9.53. The topological polar surface area (TPSA) is 84.1 Å². The molecule has 8 heteroatoms. The smallest absolute Gasteiger partial charge is 0.260 e. The molecule has 1 amide bonds. The van der Waals surface area contributed by atoms with Crippen molar-refractivity contribution >= 4 is 39.2 Å². The first-order chi connectivity index (χ1) is 12.4. The molecule has 6 nitrogen and oxygen atoms in total. The predicted octanol–water partition coefficient (Wildman–Crippen LogP) is 3.12. The second-order valence-electron chi connectivity index (χ2n) is 6.45. The number of hydrogen-bond acceptors (Lipinski definition) is 6. The van der Waals surface area contributed by atoms with Gasteiger partial charge < -0.3 is 15.0 Å². The number of aryl methyl sites for hydroxylation is 1. The van der Waals surface area contributed by atoms with Gasteiger partial charge in [0.2, 0.25) is 5.91 Å². The molecular weight excluding hydrogens is 370 g/mol. The van der Waals surface area contributed by atoms with Gasteiger partial charge in [-0.3, -0.25) is 9.59 Å². The van der Waals surface area contributed by atoms with E-state index in [0.29, 0.717) is 29.6 Å². The van der Waals surface area contributed by atoms with Crippen LogP contribution in [0.3, 0.4) is 0 Å². The van der Waals surface area contributed by atoms with E-state index in [1.54, 1.807) is 25.4 Å². The summed E-state index contributed by atoms with van der Waals surface area (Å²) in [7, 11) is 1.59. The fraction of sp³-hybridized carbons (Fsp3) is 0.611. The molecule has 2 rings (SSSR count). The van der Waals surface area contributed by atoms with Crippen LogP contribution in [-0.2, 0) is 16.0 Å². The van der Waals surface area contributed by atoms with Gasteiger partial charge in [0.1, 0.15) is 4.83 Å². The number of thioether (sulfide) groups is 1. The van der Waals surface area contributed by atoms with Crippen LogP contribution in [0.1, 0.15) is 37.6 Å². The van der Waals surface area contributed by atoms with Gasteiger partial charge in [0.15, 0.2) is 5.16 Å². The molecule has 144 valence electrons. The molecule has 0 spiro atoms. The third-order valence-corrected chi connectivity index (χ3v) is 6.38. The molecule has 0 fully saturated rings. The Balaban J connectivity index is 2.21. The lowest BCUT2D eigenvalue weighted by atomic mass is 9.98. The maximum absolute atomic E-state index is 12.6. The lowest BCUT2D eigenvalue weighted by Gasteiger charge is -2.11. The molecular formula is C18H27N3O3S2. The largest absolute Gasteiger partial charge is 0.383 e. The van der Waals surface area contributed by atoms with Crippen LogP contribution in [0.25, 0.3) is 10.2 Å². The van der Waals surface area contributed by atoms with E-state index in [9.17, 15) is 9.59 Å². The number of carbonyl (C=O) groups excluding carboxylic acids is 1. The zero-order chi connectivity index (χ0) is 19.3. The van der Waals surface area contributed by atoms with Crippen LogP contribution in [0, 0.1) is 12.8 Å². The fourth-order valence-corrected chi connectivity index (χ4v) is 4.52. The van der Waals surface area contributed by atoms with Crippen molar-refractivity contribution in [3.8, 4) is 0 Å². The van der Waals surface area contributed by atoms with Crippen molar-refractivity contribution < 1.29 is 9.53 Å². The first kappa shape index (κ1) is 20.9. The minimum atomic E-state index is -0.354. The standard InChI is InChI=1S/C18H27N3O3S2/c1-6-10(2)9-13-11(3)25-17-14(13)16(23)20-18(21-17)26-12(4)15(22)19-7-8-24-5/h10,12H,6-9H2,1-5H3,(H,19,22)(H,20,21,23)/t10-,12+/m1/s1. The molecule has 0 aliphatic carbocycles. The van der Waals surface area contributed by atoms with Crippen molar-refractivity contribution in [1.82, 2.24) is 15.3 Å². The summed E-state index contributed by atoms with van der Waals surface area (Å²) >= 11 is 2.81. The lowest BCUT2D eigenvalue weighted by Crippen LogP contribution is -2.33. The van der Waals surface area contributed by atoms with Gasteiger partial charge >= 0.3 is 0 Å². The number of methoxy groups -OCH3 is 1. The van der Waals surface area contributed by atoms with Crippen LogP contribution in [0.4, 0.5) is 0 Å². The number of nitrogens with zero attached hydrogens (tertiary/aromatic N) is 1. The first-order valence-electron chi connectivity index (χ1n) is 8.82. The van der Waals surface area contributed by atoms with Gasteiger partial charge in [-0.2, -0.15) is 0 Å². The molecule has 0 aromatic carbocycles. The van der Waals surface area contributed by atoms with E-state index in [1.165, 1.54) is 11.8 Å². The summed E-state index contributed by atoms with van der Waals surface area (Å²) in [6.45, 7) is 9.13. The van der Waals surface area contributed by atoms with Crippen molar-refractivity contribution in [3.05, 3.63) is 20.8 Å². The Hall–Kier alpha value is -1.38. The molecule has 0 bridgehead atoms. The summed E-state index contributed by atoms with van der Waals surface area (Å²) in [5.41, 5.74) is 0.988. The van der Waals surface area contributed by atoms with Gasteiger partial charge in [-0.05, 0) is 31.7 Å². The SMILES string of the molecule is CC[C@@H](C)Cc1c(C)sc2nc(S[C@@H](C)C(=O)NCCOC)[nH]c(=O)c12. The van der Waals surface area contributed by atoms with Gasteiger partial charge in [0.25, 0.3) is 5.56 Å². The highest BCUT2D eigenvalue weighted by Crippen LogP contribution is 2.31. The van der Waals surface area contributed by atoms with Crippen LogP contribution in [0.15, 0.2) is 9.95 Å². The van der Waals surface area contributed by atoms with E-state index in [1.807, 2.05) is 6.92 Å². The minimum absolute atomic E-state index is 0.102. The van der Waals surface area contributed by atoms with Gasteiger partial charge in [0.05, 0.1) is 17.2 Å². The molecule has 0 aliphatic rings. The molecule has 0 aliphatic heterocycles. The number of hydrogen-bond donors (Lipinski definition) is 2. The van der Waals surface area contributed by atoms with E-state index >= 15 is 0 Å². The quantitative estimate of drug-likeness (QED) is 0.386. The molecule has 0 radical (unpaired) electrons. The normalized spacial score (nSPS) is 13.7. The van der Waals surface area contributed by atoms with Gasteiger partial charge in [-0.1, -0.05) is 32.0 Å². The number of thiophene rings is 1. The van der Waals surface area contributed by atoms with E-state index in [2.05, 4.69) is 29.1 Å². The fourth-order valence-electron chi connectivity index (χ4n) is 2.59. The minimum Gasteiger partial charge on any atom is -0.383 e. The average molecular weight is 398 g/mol. The highest BCUT2D eigenvalue weighted by atomic mass is 32.2. The molecule has 0 saturated carbocycles. The maximum atomic E-state index is 12.6. The molecule has 2 aromatic heterocycles. The van der Waals surface area contributed by atoms with Crippen molar-refractivity contribution in [2.75, 3.05) is 20.3 Å². The number of aromatic amines is 1. The van der Waals surface area contributed by atoms with Gasteiger partial charge in [-0.25, -0.2) is 4.98 Å². The number of H-pyrrole nitrogens is 1. The Kier molecular flexibility index (Phi) is 7.67. The second-order valence-corrected chi connectivity index (χ2v) is 8.98. The highest BCUT2D eigenvalue weighted by Gasteiger charge is 2.19. The summed E-state index contributed by atoms with van der Waals surface area (Å²) in [6.07, 6.45) is 1.96. The molecule has 0 unspecified atom stereocenters. The summed E-state index contributed by atoms with van der Waals surface area (Å²) in [5, 5.41) is 3.62. The zero-order valence-electron chi connectivity index (χ0n) is 16.0. The number of rotatable bonds is 9. The van der Waals surface area contributed by atoms with Crippen molar-refractivity contribution in [2.45, 2.75) is 50.9 Å². The van der Waals surface area contributed by atoms with Crippen molar-refractivity contribution in [2.24, 2.45) is 5.92 Å². The van der Waals surface area contributed by atoms with Crippen molar-refractivity contribution in [1.29, 1.82) is 0 Å². The number of amides is 1. The number of carbonyl (C=O) groups is 1. The third kappa shape index (κ3) is 5.08. The summed E-state index contributed by atoms with van der Waals surface area (Å²) in [5.74, 6) is 0.422. The maximum Gasteiger partial charge on any atom is 0.260 e.